The highest BCUT2D eigenvalue weighted by Crippen LogP contribution is 2.33. The first-order valence-corrected chi connectivity index (χ1v) is 7.16. The lowest BCUT2D eigenvalue weighted by atomic mass is 10.2. The molecule has 0 atom stereocenters. The Labute approximate surface area is 131 Å². The van der Waals surface area contributed by atoms with Crippen LogP contribution in [0.3, 0.4) is 0 Å². The van der Waals surface area contributed by atoms with Gasteiger partial charge in [0.25, 0.3) is 0 Å². The molecule has 0 bridgehead atoms. The topological polar surface area (TPSA) is 30.5 Å². The first-order chi connectivity index (χ1) is 10.1. The highest BCUT2D eigenvalue weighted by atomic mass is 35.5. The zero-order valence-electron chi connectivity index (χ0n) is 11.0. The Kier molecular flexibility index (Phi) is 4.08. The molecule has 6 heteroatoms. The molecule has 0 saturated carbocycles. The summed E-state index contributed by atoms with van der Waals surface area (Å²) in [5, 5.41) is 3.60. The lowest BCUT2D eigenvalue weighted by molar-refractivity contribution is 0.171. The molecule has 2 aromatic carbocycles. The summed E-state index contributed by atoms with van der Waals surface area (Å²) in [5.41, 5.74) is 1.49. The standard InChI is InChI=1S/C15H12Cl2FNO2/c16-11-6-10(18)7-12(17)15(11)19-8-9-1-2-13-14(5-9)21-4-3-20-13/h1-2,5-7,19H,3-4,8H2. The van der Waals surface area contributed by atoms with Crippen LogP contribution in [0, 0.1) is 5.82 Å². The molecule has 21 heavy (non-hydrogen) atoms. The number of hydrogen-bond donors (Lipinski definition) is 1. The van der Waals surface area contributed by atoms with Crippen molar-refractivity contribution in [1.29, 1.82) is 0 Å². The van der Waals surface area contributed by atoms with Gasteiger partial charge in [0.05, 0.1) is 15.7 Å². The van der Waals surface area contributed by atoms with Crippen LogP contribution in [0.4, 0.5) is 10.1 Å². The lowest BCUT2D eigenvalue weighted by Gasteiger charge is -2.19. The summed E-state index contributed by atoms with van der Waals surface area (Å²) in [6.07, 6.45) is 0. The van der Waals surface area contributed by atoms with Crippen LogP contribution in [0.1, 0.15) is 5.56 Å². The summed E-state index contributed by atoms with van der Waals surface area (Å²) in [6.45, 7) is 1.59. The van der Waals surface area contributed by atoms with Crippen molar-refractivity contribution >= 4 is 28.9 Å². The average molecular weight is 328 g/mol. The number of anilines is 1. The molecule has 0 unspecified atom stereocenters. The van der Waals surface area contributed by atoms with Crippen LogP contribution < -0.4 is 14.8 Å². The summed E-state index contributed by atoms with van der Waals surface area (Å²) in [7, 11) is 0. The van der Waals surface area contributed by atoms with Crippen molar-refractivity contribution in [2.24, 2.45) is 0 Å². The summed E-state index contributed by atoms with van der Waals surface area (Å²) in [4.78, 5) is 0. The molecule has 1 N–H and O–H groups in total. The van der Waals surface area contributed by atoms with Gasteiger partial charge in [-0.2, -0.15) is 0 Å². The quantitative estimate of drug-likeness (QED) is 0.899. The number of ether oxygens (including phenoxy) is 2. The van der Waals surface area contributed by atoms with Gasteiger partial charge in [0.1, 0.15) is 19.0 Å². The van der Waals surface area contributed by atoms with E-state index in [9.17, 15) is 4.39 Å². The first kappa shape index (κ1) is 14.3. The minimum absolute atomic E-state index is 0.248. The molecule has 3 nitrogen and oxygen atoms in total. The maximum atomic E-state index is 13.1. The minimum Gasteiger partial charge on any atom is -0.486 e. The maximum absolute atomic E-state index is 13.1. The highest BCUT2D eigenvalue weighted by molar-refractivity contribution is 6.39. The number of hydrogen-bond acceptors (Lipinski definition) is 3. The zero-order chi connectivity index (χ0) is 14.8. The Morgan fingerprint density at radius 3 is 2.38 bits per heavy atom. The molecule has 0 spiro atoms. The number of halogens is 3. The van der Waals surface area contributed by atoms with Crippen molar-refractivity contribution in [3.63, 3.8) is 0 Å². The summed E-state index contributed by atoms with van der Waals surface area (Å²) >= 11 is 12.0. The van der Waals surface area contributed by atoms with Crippen molar-refractivity contribution in [3.8, 4) is 11.5 Å². The van der Waals surface area contributed by atoms with Gasteiger partial charge < -0.3 is 14.8 Å². The average Bonchev–Trinajstić information content (AvgIpc) is 2.46. The van der Waals surface area contributed by atoms with Crippen LogP contribution in [0.5, 0.6) is 11.5 Å². The normalized spacial score (nSPS) is 13.1. The molecule has 1 aliphatic heterocycles. The van der Waals surface area contributed by atoms with Crippen LogP contribution >= 0.6 is 23.2 Å². The predicted molar refractivity (Wildman–Crippen MR) is 81.2 cm³/mol. The third-order valence-corrected chi connectivity index (χ3v) is 3.68. The van der Waals surface area contributed by atoms with E-state index in [0.29, 0.717) is 25.4 Å². The van der Waals surface area contributed by atoms with E-state index < -0.39 is 5.82 Å². The Morgan fingerprint density at radius 1 is 1.00 bits per heavy atom. The second-order valence-corrected chi connectivity index (χ2v) is 5.39. The van der Waals surface area contributed by atoms with Crippen LogP contribution in [0.15, 0.2) is 30.3 Å². The second kappa shape index (κ2) is 6.00. The molecular weight excluding hydrogens is 316 g/mol. The van der Waals surface area contributed by atoms with E-state index >= 15 is 0 Å². The summed E-state index contributed by atoms with van der Waals surface area (Å²) in [5.74, 6) is 0.995. The van der Waals surface area contributed by atoms with Crippen molar-refractivity contribution in [3.05, 3.63) is 51.8 Å². The molecule has 3 rings (SSSR count). The molecule has 1 heterocycles. The van der Waals surface area contributed by atoms with Gasteiger partial charge in [0.15, 0.2) is 11.5 Å². The molecule has 0 amide bonds. The van der Waals surface area contributed by atoms with Gasteiger partial charge in [-0.25, -0.2) is 4.39 Å². The van der Waals surface area contributed by atoms with Crippen LogP contribution in [0.2, 0.25) is 10.0 Å². The molecule has 110 valence electrons. The number of rotatable bonds is 3. The van der Waals surface area contributed by atoms with E-state index in [2.05, 4.69) is 5.32 Å². The number of benzene rings is 2. The molecule has 1 aliphatic rings. The van der Waals surface area contributed by atoms with Gasteiger partial charge in [-0.1, -0.05) is 29.3 Å². The monoisotopic (exact) mass is 327 g/mol. The molecule has 0 aromatic heterocycles. The van der Waals surface area contributed by atoms with Crippen molar-refractivity contribution in [2.75, 3.05) is 18.5 Å². The molecular formula is C15H12Cl2FNO2. The fourth-order valence-corrected chi connectivity index (χ4v) is 2.69. The van der Waals surface area contributed by atoms with Gasteiger partial charge in [-0.15, -0.1) is 0 Å². The van der Waals surface area contributed by atoms with E-state index in [1.54, 1.807) is 0 Å². The first-order valence-electron chi connectivity index (χ1n) is 6.40. The maximum Gasteiger partial charge on any atom is 0.161 e. The molecule has 2 aromatic rings. The van der Waals surface area contributed by atoms with Crippen LogP contribution in [0.25, 0.3) is 0 Å². The molecule has 0 aliphatic carbocycles. The smallest absolute Gasteiger partial charge is 0.161 e. The molecule has 0 radical (unpaired) electrons. The van der Waals surface area contributed by atoms with Crippen molar-refractivity contribution in [2.45, 2.75) is 6.54 Å². The third kappa shape index (κ3) is 3.17. The van der Waals surface area contributed by atoms with E-state index in [1.807, 2.05) is 18.2 Å². The number of fused-ring (bicyclic) bond motifs is 1. The molecule has 0 saturated heterocycles. The van der Waals surface area contributed by atoms with Gasteiger partial charge >= 0.3 is 0 Å². The van der Waals surface area contributed by atoms with E-state index in [1.165, 1.54) is 12.1 Å². The van der Waals surface area contributed by atoms with Gasteiger partial charge in [-0.3, -0.25) is 0 Å². The van der Waals surface area contributed by atoms with Crippen LogP contribution in [-0.2, 0) is 6.54 Å². The van der Waals surface area contributed by atoms with Crippen molar-refractivity contribution in [1.82, 2.24) is 0 Å². The lowest BCUT2D eigenvalue weighted by Crippen LogP contribution is -2.15. The third-order valence-electron chi connectivity index (χ3n) is 3.08. The summed E-state index contributed by atoms with van der Waals surface area (Å²) < 4.78 is 24.1. The second-order valence-electron chi connectivity index (χ2n) is 4.58. The fourth-order valence-electron chi connectivity index (χ4n) is 2.10. The molecule has 0 fully saturated rings. The van der Waals surface area contributed by atoms with Crippen LogP contribution in [-0.4, -0.2) is 13.2 Å². The van der Waals surface area contributed by atoms with E-state index in [0.717, 1.165) is 17.1 Å². The zero-order valence-corrected chi connectivity index (χ0v) is 12.5. The predicted octanol–water partition coefficient (Wildman–Crippen LogP) is 4.52. The SMILES string of the molecule is Fc1cc(Cl)c(NCc2ccc3c(c2)OCCO3)c(Cl)c1. The fraction of sp³-hybridized carbons (Fsp3) is 0.200. The Bertz CT molecular complexity index is 656. The Morgan fingerprint density at radius 2 is 1.67 bits per heavy atom. The Balaban J connectivity index is 1.76. The van der Waals surface area contributed by atoms with Gasteiger partial charge in [0, 0.05) is 6.54 Å². The minimum atomic E-state index is -0.463. The summed E-state index contributed by atoms with van der Waals surface area (Å²) in [6, 6.07) is 8.12. The largest absolute Gasteiger partial charge is 0.486 e. The van der Waals surface area contributed by atoms with Crippen molar-refractivity contribution < 1.29 is 13.9 Å². The van der Waals surface area contributed by atoms with Gasteiger partial charge in [0.2, 0.25) is 0 Å². The Hall–Kier alpha value is -1.65. The number of nitrogens with one attached hydrogen (secondary N) is 1. The van der Waals surface area contributed by atoms with E-state index in [-0.39, 0.29) is 10.0 Å². The van der Waals surface area contributed by atoms with Gasteiger partial charge in [-0.05, 0) is 29.8 Å². The van der Waals surface area contributed by atoms with E-state index in [4.69, 9.17) is 32.7 Å². The highest BCUT2D eigenvalue weighted by Gasteiger charge is 2.12.